The number of nitrogens with zero attached hydrogens (tertiary/aromatic N) is 5. The Kier molecular flexibility index (Phi) is 6.18. The molecule has 9 aromatic rings. The molecular weight excluding hydrogens is 587 g/mol. The Labute approximate surface area is 276 Å². The molecule has 0 N–H and O–H groups in total. The molecule has 0 aliphatic rings. The highest BCUT2D eigenvalue weighted by Gasteiger charge is 2.19. The standard InChI is InChI=1S/C43H25N5/c44-26-28-19-21-29(22-20-28)30-9-7-10-31(23-30)33-24-41(47-37-15-4-1-12-34(37)35-13-2-5-16-38(35)47)46-42(25-33)48-39-17-6-3-14-36(39)43-32(27-45)11-8-18-40(43)48/h1-25H. The molecular formula is C43H25N5. The third-order valence-electron chi connectivity index (χ3n) is 9.20. The molecule has 5 heteroatoms. The van der Waals surface area contributed by atoms with E-state index in [1.54, 1.807) is 0 Å². The minimum Gasteiger partial charge on any atom is -0.294 e. The van der Waals surface area contributed by atoms with E-state index >= 15 is 0 Å². The lowest BCUT2D eigenvalue weighted by molar-refractivity contribution is 1.01. The van der Waals surface area contributed by atoms with Crippen molar-refractivity contribution >= 4 is 43.6 Å². The molecule has 0 saturated heterocycles. The fraction of sp³-hybridized carbons (Fsp3) is 0. The lowest BCUT2D eigenvalue weighted by Gasteiger charge is -2.15. The highest BCUT2D eigenvalue weighted by molar-refractivity contribution is 6.12. The van der Waals surface area contributed by atoms with Gasteiger partial charge in [0.2, 0.25) is 0 Å². The van der Waals surface area contributed by atoms with Gasteiger partial charge in [0.05, 0.1) is 45.3 Å². The van der Waals surface area contributed by atoms with Gasteiger partial charge in [-0.25, -0.2) is 4.98 Å². The number of nitriles is 2. The van der Waals surface area contributed by atoms with Crippen LogP contribution < -0.4 is 0 Å². The molecule has 3 aromatic heterocycles. The molecule has 9 rings (SSSR count). The van der Waals surface area contributed by atoms with E-state index < -0.39 is 0 Å². The largest absolute Gasteiger partial charge is 0.294 e. The average Bonchev–Trinajstić information content (AvgIpc) is 3.68. The summed E-state index contributed by atoms with van der Waals surface area (Å²) in [5, 5.41) is 23.7. The first-order valence-corrected chi connectivity index (χ1v) is 15.8. The summed E-state index contributed by atoms with van der Waals surface area (Å²) in [4.78, 5) is 5.41. The molecule has 0 atom stereocenters. The van der Waals surface area contributed by atoms with Gasteiger partial charge < -0.3 is 0 Å². The molecule has 0 fully saturated rings. The van der Waals surface area contributed by atoms with E-state index in [0.29, 0.717) is 11.1 Å². The summed E-state index contributed by atoms with van der Waals surface area (Å²) in [5.74, 6) is 1.56. The summed E-state index contributed by atoms with van der Waals surface area (Å²) < 4.78 is 4.42. The van der Waals surface area contributed by atoms with Crippen LogP contribution in [0.2, 0.25) is 0 Å². The second kappa shape index (κ2) is 10.8. The average molecular weight is 612 g/mol. The summed E-state index contributed by atoms with van der Waals surface area (Å²) in [6, 6.07) is 56.1. The van der Waals surface area contributed by atoms with E-state index in [-0.39, 0.29) is 0 Å². The van der Waals surface area contributed by atoms with Crippen molar-refractivity contribution in [1.82, 2.24) is 14.1 Å². The van der Waals surface area contributed by atoms with Gasteiger partial charge in [-0.3, -0.25) is 9.13 Å². The molecule has 48 heavy (non-hydrogen) atoms. The van der Waals surface area contributed by atoms with Gasteiger partial charge in [-0.1, -0.05) is 91.0 Å². The summed E-state index contributed by atoms with van der Waals surface area (Å²) >= 11 is 0. The maximum Gasteiger partial charge on any atom is 0.140 e. The van der Waals surface area contributed by atoms with Crippen molar-refractivity contribution in [2.24, 2.45) is 0 Å². The van der Waals surface area contributed by atoms with E-state index in [1.807, 2.05) is 48.5 Å². The van der Waals surface area contributed by atoms with E-state index in [4.69, 9.17) is 4.98 Å². The fourth-order valence-corrected chi connectivity index (χ4v) is 7.04. The third kappa shape index (κ3) is 4.20. The minimum atomic E-state index is 0.634. The van der Waals surface area contributed by atoms with Crippen LogP contribution in [0, 0.1) is 22.7 Å². The molecule has 5 nitrogen and oxygen atoms in total. The van der Waals surface area contributed by atoms with Gasteiger partial charge >= 0.3 is 0 Å². The molecule has 0 bridgehead atoms. The normalized spacial score (nSPS) is 11.3. The van der Waals surface area contributed by atoms with Gasteiger partial charge in [0.15, 0.2) is 0 Å². The summed E-state index contributed by atoms with van der Waals surface area (Å²) in [6.45, 7) is 0. The number of pyridine rings is 1. The number of hydrogen-bond acceptors (Lipinski definition) is 3. The first kappa shape index (κ1) is 27.4. The second-order valence-corrected chi connectivity index (χ2v) is 11.9. The number of para-hydroxylation sites is 3. The van der Waals surface area contributed by atoms with Crippen LogP contribution in [0.15, 0.2) is 152 Å². The van der Waals surface area contributed by atoms with Crippen LogP contribution in [0.4, 0.5) is 0 Å². The van der Waals surface area contributed by atoms with Gasteiger partial charge in [0.1, 0.15) is 11.6 Å². The van der Waals surface area contributed by atoms with Crippen LogP contribution in [0.3, 0.4) is 0 Å². The Morgan fingerprint density at radius 1 is 0.417 bits per heavy atom. The zero-order valence-corrected chi connectivity index (χ0v) is 25.7. The Bertz CT molecular complexity index is 2750. The maximum absolute atomic E-state index is 10.1. The Morgan fingerprint density at radius 2 is 0.938 bits per heavy atom. The predicted molar refractivity (Wildman–Crippen MR) is 193 cm³/mol. The summed E-state index contributed by atoms with van der Waals surface area (Å²) in [6.07, 6.45) is 0. The molecule has 3 heterocycles. The van der Waals surface area contributed by atoms with E-state index in [1.165, 1.54) is 10.8 Å². The molecule has 0 saturated carbocycles. The quantitative estimate of drug-likeness (QED) is 0.199. The first-order chi connectivity index (χ1) is 23.7. The molecule has 222 valence electrons. The predicted octanol–water partition coefficient (Wildman–Crippen LogP) is 10.4. The molecule has 6 aromatic carbocycles. The highest BCUT2D eigenvalue weighted by atomic mass is 15.1. The molecule has 0 spiro atoms. The van der Waals surface area contributed by atoms with Gasteiger partial charge in [-0.15, -0.1) is 0 Å². The van der Waals surface area contributed by atoms with Crippen LogP contribution in [0.1, 0.15) is 11.1 Å². The van der Waals surface area contributed by atoms with Crippen molar-refractivity contribution in [1.29, 1.82) is 10.5 Å². The zero-order valence-electron chi connectivity index (χ0n) is 25.7. The lowest BCUT2D eigenvalue weighted by Crippen LogP contribution is -2.04. The van der Waals surface area contributed by atoms with Crippen LogP contribution in [-0.2, 0) is 0 Å². The molecule has 0 aliphatic heterocycles. The third-order valence-corrected chi connectivity index (χ3v) is 9.20. The number of benzene rings is 6. The minimum absolute atomic E-state index is 0.634. The zero-order chi connectivity index (χ0) is 32.2. The SMILES string of the molecule is N#Cc1ccc(-c2cccc(-c3cc(-n4c5ccccc5c5ccccc54)nc(-n4c5ccccc5c5c(C#N)cccc54)c3)c2)cc1. The number of hydrogen-bond donors (Lipinski definition) is 0. The molecule has 0 aliphatic carbocycles. The first-order valence-electron chi connectivity index (χ1n) is 15.8. The van der Waals surface area contributed by atoms with E-state index in [9.17, 15) is 10.5 Å². The van der Waals surface area contributed by atoms with Crippen molar-refractivity contribution < 1.29 is 0 Å². The maximum atomic E-state index is 10.1. The molecule has 0 radical (unpaired) electrons. The number of fused-ring (bicyclic) bond motifs is 6. The van der Waals surface area contributed by atoms with Crippen molar-refractivity contribution in [2.45, 2.75) is 0 Å². The van der Waals surface area contributed by atoms with Gasteiger partial charge in [0.25, 0.3) is 0 Å². The van der Waals surface area contributed by atoms with Gasteiger partial charge in [-0.2, -0.15) is 10.5 Å². The number of rotatable bonds is 4. The Hall–Kier alpha value is -6.95. The van der Waals surface area contributed by atoms with Crippen molar-refractivity contribution in [3.63, 3.8) is 0 Å². The van der Waals surface area contributed by atoms with Crippen molar-refractivity contribution in [3.05, 3.63) is 163 Å². The smallest absolute Gasteiger partial charge is 0.140 e. The van der Waals surface area contributed by atoms with Crippen LogP contribution >= 0.6 is 0 Å². The molecule has 0 unspecified atom stereocenters. The number of aromatic nitrogens is 3. The van der Waals surface area contributed by atoms with Gasteiger partial charge in [0, 0.05) is 21.5 Å². The highest BCUT2D eigenvalue weighted by Crippen LogP contribution is 2.37. The monoisotopic (exact) mass is 611 g/mol. The van der Waals surface area contributed by atoms with E-state index in [2.05, 4.69) is 124 Å². The van der Waals surface area contributed by atoms with Crippen molar-refractivity contribution in [2.75, 3.05) is 0 Å². The van der Waals surface area contributed by atoms with Crippen LogP contribution in [0.25, 0.3) is 77.5 Å². The summed E-state index contributed by atoms with van der Waals surface area (Å²) in [5.41, 5.74) is 9.49. The lowest BCUT2D eigenvalue weighted by atomic mass is 9.98. The van der Waals surface area contributed by atoms with Crippen LogP contribution in [0.5, 0.6) is 0 Å². The van der Waals surface area contributed by atoms with Crippen LogP contribution in [-0.4, -0.2) is 14.1 Å². The second-order valence-electron chi connectivity index (χ2n) is 11.9. The Balaban J connectivity index is 1.36. The molecule has 0 amide bonds. The summed E-state index contributed by atoms with van der Waals surface area (Å²) in [7, 11) is 0. The van der Waals surface area contributed by atoms with Crippen molar-refractivity contribution in [3.8, 4) is 46.0 Å². The van der Waals surface area contributed by atoms with Gasteiger partial charge in [-0.05, 0) is 82.9 Å². The Morgan fingerprint density at radius 3 is 1.56 bits per heavy atom. The topological polar surface area (TPSA) is 70.3 Å². The van der Waals surface area contributed by atoms with E-state index in [0.717, 1.165) is 66.7 Å². The fourth-order valence-electron chi connectivity index (χ4n) is 7.04.